The number of allylic oxidation sites excluding steroid dienone is 1. The molecule has 0 aromatic rings. The maximum Gasteiger partial charge on any atom is -0.00489 e. The van der Waals surface area contributed by atoms with Crippen LogP contribution < -0.4 is 5.32 Å². The van der Waals surface area contributed by atoms with Crippen LogP contribution in [0.4, 0.5) is 0 Å². The Kier molecular flexibility index (Phi) is 18.4. The van der Waals surface area contributed by atoms with E-state index in [1.165, 1.54) is 103 Å². The highest BCUT2D eigenvalue weighted by atomic mass is 14.8. The Bertz CT molecular complexity index is 177. The number of rotatable bonds is 17. The topological polar surface area (TPSA) is 12.0 Å². The monoisotopic (exact) mass is 281 g/mol. The van der Waals surface area contributed by atoms with Gasteiger partial charge in [-0.25, -0.2) is 0 Å². The SMILES string of the molecule is C=CCCCCCCCCCNCCCCCCCC. The molecule has 0 aromatic heterocycles. The van der Waals surface area contributed by atoms with Gasteiger partial charge in [0.1, 0.15) is 0 Å². The second kappa shape index (κ2) is 18.7. The summed E-state index contributed by atoms with van der Waals surface area (Å²) < 4.78 is 0. The summed E-state index contributed by atoms with van der Waals surface area (Å²) in [6.45, 7) is 8.50. The molecular weight excluding hydrogens is 242 g/mol. The van der Waals surface area contributed by atoms with Crippen LogP contribution in [0.25, 0.3) is 0 Å². The Morgan fingerprint density at radius 2 is 1.10 bits per heavy atom. The smallest absolute Gasteiger partial charge is 0.00489 e. The van der Waals surface area contributed by atoms with Crippen LogP contribution >= 0.6 is 0 Å². The summed E-state index contributed by atoms with van der Waals surface area (Å²) in [7, 11) is 0. The molecule has 0 saturated carbocycles. The lowest BCUT2D eigenvalue weighted by Gasteiger charge is -2.05. The molecule has 1 N–H and O–H groups in total. The van der Waals surface area contributed by atoms with Crippen molar-refractivity contribution in [2.75, 3.05) is 13.1 Å². The average molecular weight is 282 g/mol. The first-order valence-corrected chi connectivity index (χ1v) is 9.23. The summed E-state index contributed by atoms with van der Waals surface area (Å²) in [6, 6.07) is 0. The molecule has 0 aliphatic heterocycles. The quantitative estimate of drug-likeness (QED) is 0.246. The van der Waals surface area contributed by atoms with Gasteiger partial charge in [-0.2, -0.15) is 0 Å². The predicted molar refractivity (Wildman–Crippen MR) is 93.4 cm³/mol. The molecule has 0 fully saturated rings. The summed E-state index contributed by atoms with van der Waals surface area (Å²) in [6.07, 6.45) is 21.4. The Hall–Kier alpha value is -0.300. The lowest BCUT2D eigenvalue weighted by molar-refractivity contribution is 0.538. The van der Waals surface area contributed by atoms with E-state index in [1.807, 2.05) is 6.08 Å². The van der Waals surface area contributed by atoms with Crippen molar-refractivity contribution in [1.82, 2.24) is 5.32 Å². The van der Waals surface area contributed by atoms with Gasteiger partial charge in [0.2, 0.25) is 0 Å². The van der Waals surface area contributed by atoms with E-state index in [-0.39, 0.29) is 0 Å². The molecule has 1 nitrogen and oxygen atoms in total. The summed E-state index contributed by atoms with van der Waals surface area (Å²) in [5, 5.41) is 3.58. The van der Waals surface area contributed by atoms with E-state index in [9.17, 15) is 0 Å². The average Bonchev–Trinajstić information content (AvgIpc) is 2.47. The van der Waals surface area contributed by atoms with Gasteiger partial charge in [-0.3, -0.25) is 0 Å². The van der Waals surface area contributed by atoms with E-state index in [4.69, 9.17) is 0 Å². The van der Waals surface area contributed by atoms with Crippen LogP contribution in [0.5, 0.6) is 0 Å². The zero-order valence-electron chi connectivity index (χ0n) is 14.1. The van der Waals surface area contributed by atoms with Gasteiger partial charge in [-0.05, 0) is 38.8 Å². The van der Waals surface area contributed by atoms with Crippen LogP contribution in [-0.4, -0.2) is 13.1 Å². The van der Waals surface area contributed by atoms with Crippen LogP contribution in [0.15, 0.2) is 12.7 Å². The van der Waals surface area contributed by atoms with Crippen LogP contribution in [0.1, 0.15) is 96.8 Å². The highest BCUT2D eigenvalue weighted by Crippen LogP contribution is 2.08. The van der Waals surface area contributed by atoms with Crippen molar-refractivity contribution in [3.8, 4) is 0 Å². The minimum absolute atomic E-state index is 1.20. The van der Waals surface area contributed by atoms with Gasteiger partial charge in [0, 0.05) is 0 Å². The van der Waals surface area contributed by atoms with Gasteiger partial charge in [0.05, 0.1) is 0 Å². The van der Waals surface area contributed by atoms with Crippen LogP contribution in [0.2, 0.25) is 0 Å². The largest absolute Gasteiger partial charge is 0.317 e. The molecule has 0 bridgehead atoms. The second-order valence-corrected chi connectivity index (χ2v) is 6.07. The van der Waals surface area contributed by atoms with E-state index in [1.54, 1.807) is 0 Å². The van der Waals surface area contributed by atoms with E-state index >= 15 is 0 Å². The highest BCUT2D eigenvalue weighted by molar-refractivity contribution is 4.65. The van der Waals surface area contributed by atoms with E-state index in [0.717, 1.165) is 0 Å². The fourth-order valence-electron chi connectivity index (χ4n) is 2.58. The van der Waals surface area contributed by atoms with Crippen molar-refractivity contribution in [3.05, 3.63) is 12.7 Å². The molecule has 0 atom stereocenters. The summed E-state index contributed by atoms with van der Waals surface area (Å²) >= 11 is 0. The zero-order chi connectivity index (χ0) is 14.7. The maximum atomic E-state index is 3.76. The molecule has 0 rings (SSSR count). The molecule has 0 aliphatic carbocycles. The van der Waals surface area contributed by atoms with Gasteiger partial charge in [-0.1, -0.05) is 77.2 Å². The van der Waals surface area contributed by atoms with Gasteiger partial charge >= 0.3 is 0 Å². The third kappa shape index (κ3) is 17.7. The zero-order valence-corrected chi connectivity index (χ0v) is 14.1. The molecule has 20 heavy (non-hydrogen) atoms. The molecule has 0 saturated heterocycles. The molecule has 0 radical (unpaired) electrons. The highest BCUT2D eigenvalue weighted by Gasteiger charge is 1.93. The molecule has 1 heteroatoms. The van der Waals surface area contributed by atoms with E-state index in [0.29, 0.717) is 0 Å². The first kappa shape index (κ1) is 19.7. The molecule has 0 spiro atoms. The number of unbranched alkanes of at least 4 members (excludes halogenated alkanes) is 12. The predicted octanol–water partition coefficient (Wildman–Crippen LogP) is 6.24. The molecule has 0 aliphatic rings. The fraction of sp³-hybridized carbons (Fsp3) is 0.895. The van der Waals surface area contributed by atoms with Crippen LogP contribution in [0.3, 0.4) is 0 Å². The first-order valence-electron chi connectivity index (χ1n) is 9.23. The number of hydrogen-bond acceptors (Lipinski definition) is 1. The lowest BCUT2D eigenvalue weighted by Crippen LogP contribution is -2.16. The molecule has 0 amide bonds. The van der Waals surface area contributed by atoms with Crippen molar-refractivity contribution in [3.63, 3.8) is 0 Å². The Balaban J connectivity index is 2.90. The fourth-order valence-corrected chi connectivity index (χ4v) is 2.58. The van der Waals surface area contributed by atoms with Gasteiger partial charge < -0.3 is 5.32 Å². The van der Waals surface area contributed by atoms with Crippen molar-refractivity contribution in [1.29, 1.82) is 0 Å². The molecule has 0 aromatic carbocycles. The maximum absolute atomic E-state index is 3.76. The van der Waals surface area contributed by atoms with Crippen molar-refractivity contribution in [2.45, 2.75) is 96.8 Å². The molecule has 0 heterocycles. The van der Waals surface area contributed by atoms with Crippen molar-refractivity contribution < 1.29 is 0 Å². The van der Waals surface area contributed by atoms with Crippen LogP contribution in [-0.2, 0) is 0 Å². The lowest BCUT2D eigenvalue weighted by atomic mass is 10.1. The van der Waals surface area contributed by atoms with Gasteiger partial charge in [0.15, 0.2) is 0 Å². The summed E-state index contributed by atoms with van der Waals surface area (Å²) in [5.41, 5.74) is 0. The molecular formula is C19H39N. The van der Waals surface area contributed by atoms with Crippen LogP contribution in [0, 0.1) is 0 Å². The second-order valence-electron chi connectivity index (χ2n) is 6.07. The number of nitrogens with one attached hydrogen (secondary N) is 1. The third-order valence-corrected chi connectivity index (χ3v) is 3.97. The van der Waals surface area contributed by atoms with E-state index < -0.39 is 0 Å². The molecule has 120 valence electrons. The third-order valence-electron chi connectivity index (χ3n) is 3.97. The minimum atomic E-state index is 1.20. The minimum Gasteiger partial charge on any atom is -0.317 e. The molecule has 0 unspecified atom stereocenters. The number of hydrogen-bond donors (Lipinski definition) is 1. The Morgan fingerprint density at radius 1 is 0.650 bits per heavy atom. The van der Waals surface area contributed by atoms with Gasteiger partial charge in [-0.15, -0.1) is 6.58 Å². The Labute approximate surface area is 128 Å². The standard InChI is InChI=1S/C19H39N/c1-3-5-7-9-11-12-13-15-17-19-20-18-16-14-10-8-6-4-2/h3,20H,1,4-19H2,2H3. The summed E-state index contributed by atoms with van der Waals surface area (Å²) in [4.78, 5) is 0. The summed E-state index contributed by atoms with van der Waals surface area (Å²) in [5.74, 6) is 0. The van der Waals surface area contributed by atoms with Crippen molar-refractivity contribution >= 4 is 0 Å². The van der Waals surface area contributed by atoms with Crippen molar-refractivity contribution in [2.24, 2.45) is 0 Å². The first-order chi connectivity index (χ1) is 9.91. The van der Waals surface area contributed by atoms with E-state index in [2.05, 4.69) is 18.8 Å². The van der Waals surface area contributed by atoms with Gasteiger partial charge in [0.25, 0.3) is 0 Å². The normalized spacial score (nSPS) is 10.8. The Morgan fingerprint density at radius 3 is 1.60 bits per heavy atom.